The van der Waals surface area contributed by atoms with E-state index in [1.54, 1.807) is 37.2 Å². The molecule has 0 saturated carbocycles. The minimum atomic E-state index is -1.54. The first-order chi connectivity index (χ1) is 56.7. The summed E-state index contributed by atoms with van der Waals surface area (Å²) in [6, 6.07) is 30.3. The number of amides is 9. The number of rotatable bonds is 24. The van der Waals surface area contributed by atoms with Gasteiger partial charge in [0.1, 0.15) is 54.4 Å². The number of aromatic amines is 6. The summed E-state index contributed by atoms with van der Waals surface area (Å²) < 4.78 is 0. The maximum Gasteiger partial charge on any atom is 0.243 e. The van der Waals surface area contributed by atoms with Crippen molar-refractivity contribution in [2.24, 2.45) is 17.2 Å². The number of hydrogen-bond donors (Lipinski definition) is 24. The number of nitrogens with one attached hydrogen (secondary N) is 21. The number of aromatic nitrogens is 6. The van der Waals surface area contributed by atoms with Gasteiger partial charge in [0.15, 0.2) is 17.9 Å². The van der Waals surface area contributed by atoms with E-state index in [-0.39, 0.29) is 115 Å². The van der Waals surface area contributed by atoms with Gasteiger partial charge in [0.05, 0.1) is 0 Å². The van der Waals surface area contributed by atoms with Crippen molar-refractivity contribution in [1.29, 1.82) is 16.2 Å². The molecular weight excluding hydrogens is 1490 g/mol. The van der Waals surface area contributed by atoms with Crippen LogP contribution in [0.4, 0.5) is 0 Å². The number of carbonyl (C=O) groups excluding carboxylic acids is 9. The molecule has 33 heteroatoms. The van der Waals surface area contributed by atoms with Crippen molar-refractivity contribution in [1.82, 2.24) is 93.7 Å². The molecule has 1 aliphatic heterocycles. The molecule has 27 N–H and O–H groups in total. The lowest BCUT2D eigenvalue weighted by atomic mass is 9.99. The molecule has 33 nitrogen and oxygen atoms in total. The van der Waals surface area contributed by atoms with E-state index in [4.69, 9.17) is 33.4 Å². The Morgan fingerprint density at radius 1 is 0.248 bits per heavy atom. The maximum atomic E-state index is 16.1. The molecule has 12 aromatic rings. The Labute approximate surface area is 670 Å². The molecule has 0 bridgehead atoms. The molecule has 6 aromatic heterocycles. The maximum absolute atomic E-state index is 16.1. The number of benzene rings is 6. The first-order valence-electron chi connectivity index (χ1n) is 38.9. The van der Waals surface area contributed by atoms with Crippen LogP contribution in [0.1, 0.15) is 71.9 Å². The van der Waals surface area contributed by atoms with Crippen LogP contribution in [-0.4, -0.2) is 175 Å². The smallest absolute Gasteiger partial charge is 0.243 e. The number of guanidine groups is 3. The predicted octanol–water partition coefficient (Wildman–Crippen LogP) is 3.50. The Balaban J connectivity index is 0.951. The Morgan fingerprint density at radius 3 is 0.573 bits per heavy atom. The molecule has 0 spiro atoms. The van der Waals surface area contributed by atoms with Gasteiger partial charge in [0, 0.05) is 161 Å². The fraction of sp³-hybridized carbons (Fsp3) is 0.286. The van der Waals surface area contributed by atoms with E-state index in [1.165, 1.54) is 0 Å². The Morgan fingerprint density at radius 2 is 0.402 bits per heavy atom. The van der Waals surface area contributed by atoms with Gasteiger partial charge in [-0.25, -0.2) is 0 Å². The summed E-state index contributed by atoms with van der Waals surface area (Å²) in [6.45, 7) is 0.119. The zero-order chi connectivity index (χ0) is 82.1. The number of hydrogen-bond acceptors (Lipinski definition) is 12. The molecule has 1 saturated heterocycles. The van der Waals surface area contributed by atoms with Gasteiger partial charge in [-0.2, -0.15) is 0 Å². The monoisotopic (exact) mass is 1580 g/mol. The number of carbonyl (C=O) groups is 9. The normalized spacial score (nSPS) is 20.0. The fourth-order valence-corrected chi connectivity index (χ4v) is 15.2. The largest absolute Gasteiger partial charge is 0.370 e. The third-order valence-electron chi connectivity index (χ3n) is 21.2. The van der Waals surface area contributed by atoms with Crippen molar-refractivity contribution >= 4 is 136 Å². The molecule has 9 atom stereocenters. The van der Waals surface area contributed by atoms with Crippen molar-refractivity contribution in [2.45, 2.75) is 131 Å². The molecule has 6 aromatic carbocycles. The lowest BCUT2D eigenvalue weighted by Gasteiger charge is -2.28. The van der Waals surface area contributed by atoms with Gasteiger partial charge in [0.2, 0.25) is 53.2 Å². The van der Waals surface area contributed by atoms with Crippen molar-refractivity contribution in [2.75, 3.05) is 19.6 Å². The minimum absolute atomic E-state index is 0.0374. The van der Waals surface area contributed by atoms with Crippen LogP contribution in [0.5, 0.6) is 0 Å². The van der Waals surface area contributed by atoms with Crippen LogP contribution in [0.2, 0.25) is 0 Å². The van der Waals surface area contributed by atoms with Crippen LogP contribution in [0.25, 0.3) is 65.4 Å². The zero-order valence-corrected chi connectivity index (χ0v) is 64.0. The average molecular weight is 1590 g/mol. The molecule has 0 unspecified atom stereocenters. The van der Waals surface area contributed by atoms with Crippen molar-refractivity contribution in [3.63, 3.8) is 0 Å². The Bertz CT molecular complexity index is 5410. The summed E-state index contributed by atoms with van der Waals surface area (Å²) in [7, 11) is 0. The summed E-state index contributed by atoms with van der Waals surface area (Å²) in [5.74, 6) is -8.98. The summed E-state index contributed by atoms with van der Waals surface area (Å²) >= 11 is 0. The molecule has 13 rings (SSSR count). The van der Waals surface area contributed by atoms with Crippen molar-refractivity contribution in [3.05, 3.63) is 216 Å². The first-order valence-corrected chi connectivity index (χ1v) is 38.9. The van der Waals surface area contributed by atoms with Gasteiger partial charge in [-0.1, -0.05) is 109 Å². The Hall–Kier alpha value is -14.4. The van der Waals surface area contributed by atoms with E-state index < -0.39 is 108 Å². The van der Waals surface area contributed by atoms with Crippen LogP contribution in [0.15, 0.2) is 183 Å². The van der Waals surface area contributed by atoms with Gasteiger partial charge < -0.3 is 111 Å². The van der Waals surface area contributed by atoms with Crippen molar-refractivity contribution in [3.8, 4) is 0 Å². The lowest BCUT2D eigenvalue weighted by molar-refractivity contribution is -0.136. The van der Waals surface area contributed by atoms with Crippen LogP contribution in [0, 0.1) is 16.2 Å². The highest BCUT2D eigenvalue weighted by Gasteiger charge is 2.39. The minimum Gasteiger partial charge on any atom is -0.370 e. The van der Waals surface area contributed by atoms with E-state index in [1.807, 2.05) is 146 Å². The molecule has 1 fully saturated rings. The predicted molar refractivity (Wildman–Crippen MR) is 447 cm³/mol. The zero-order valence-electron chi connectivity index (χ0n) is 64.0. The van der Waals surface area contributed by atoms with Crippen LogP contribution >= 0.6 is 0 Å². The average Bonchev–Trinajstić information content (AvgIpc) is 1.72. The highest BCUT2D eigenvalue weighted by Crippen LogP contribution is 2.27. The SMILES string of the molecule is N=C(N)NCCC[C@@H]1NC(=O)[C@H](CCCNC(=N)N)NC(=O)[C@H](Cc2c[nH]c3ccccc23)NC(=O)[C@H](Cc2c[nH]c3ccccc23)NC(=O)[C@H](Cc2c[nH]c3ccccc23)NC(=O)[C@H](Cc2c[nH]c3ccccc23)NC(=O)[C@H](Cc2c[nH]c3ccccc23)NC(=O)[C@H](Cc2c[nH]c3ccccc23)NC(=O)[C@H](CCCNC(=N)N)NC1=O. The van der Waals surface area contributed by atoms with Gasteiger partial charge in [-0.3, -0.25) is 59.4 Å². The molecular formula is C84H96N24O9. The van der Waals surface area contributed by atoms with E-state index >= 15 is 43.2 Å². The molecule has 0 radical (unpaired) electrons. The topological polar surface area (TPSA) is 542 Å². The first kappa shape index (κ1) is 80.6. The standard InChI is InChI=1S/C84H96N24O9/c85-82(86)91-31-13-28-64-73(109)101-66(30-15-33-93-84(89)90)75(111)103-68(35-47-41-95-59-23-8-2-17-53(47)59)77(113)105-70(37-49-43-97-61-25-10-4-19-55(49)61)79(115)107-72(39-51-45-99-63-27-12-6-21-57(51)63)81(117)108-71(38-50-44-98-62-26-11-5-20-56(50)62)80(116)106-69(36-48-42-96-60-24-9-3-18-54(48)60)78(114)104-67(34-46-40-94-58-22-7-1-16-52(46)58)76(112)102-65(74(110)100-64)29-14-32-92-83(87)88/h1-12,16-27,40-45,64-72,94-99H,13-15,28-39H2,(H,100,110)(H,101,109)(H,102,112)(H,103,111)(H,104,114)(H,105,113)(H,106,116)(H,107,115)(H,108,117)(H4,85,86,91)(H4,87,88,92)(H4,89,90,93)/t64-,65-,66-,67-,68-,69-,70-,71-,72-/m0/s1. The van der Waals surface area contributed by atoms with Gasteiger partial charge in [0.25, 0.3) is 0 Å². The molecule has 0 aliphatic carbocycles. The summed E-state index contributed by atoms with van der Waals surface area (Å²) in [6.07, 6.45) is 8.84. The quantitative estimate of drug-likeness (QED) is 0.0234. The highest BCUT2D eigenvalue weighted by molar-refractivity contribution is 6.02. The van der Waals surface area contributed by atoms with E-state index in [2.05, 4.69) is 93.7 Å². The second kappa shape index (κ2) is 37.5. The summed E-state index contributed by atoms with van der Waals surface area (Å²) in [5.41, 5.74) is 24.9. The number of para-hydroxylation sites is 6. The number of nitrogens with two attached hydrogens (primary N) is 3. The summed E-state index contributed by atoms with van der Waals surface area (Å²) in [4.78, 5) is 162. The van der Waals surface area contributed by atoms with Crippen LogP contribution in [-0.2, 0) is 81.7 Å². The molecule has 1 aliphatic rings. The van der Waals surface area contributed by atoms with Gasteiger partial charge in [-0.05, 0) is 108 Å². The molecule has 606 valence electrons. The molecule has 9 amide bonds. The van der Waals surface area contributed by atoms with E-state index in [9.17, 15) is 0 Å². The van der Waals surface area contributed by atoms with Gasteiger partial charge in [-0.15, -0.1) is 0 Å². The highest BCUT2D eigenvalue weighted by atomic mass is 16.2. The number of fused-ring (bicyclic) bond motifs is 6. The third-order valence-corrected chi connectivity index (χ3v) is 21.2. The lowest BCUT2D eigenvalue weighted by Crippen LogP contribution is -2.61. The van der Waals surface area contributed by atoms with Crippen molar-refractivity contribution < 1.29 is 43.2 Å². The fourth-order valence-electron chi connectivity index (χ4n) is 15.2. The van der Waals surface area contributed by atoms with Crippen LogP contribution in [0.3, 0.4) is 0 Å². The van der Waals surface area contributed by atoms with Gasteiger partial charge >= 0.3 is 0 Å². The second-order valence-corrected chi connectivity index (χ2v) is 29.4. The third kappa shape index (κ3) is 20.3. The molecule has 7 heterocycles. The van der Waals surface area contributed by atoms with E-state index in [0.717, 1.165) is 0 Å². The molecule has 117 heavy (non-hydrogen) atoms. The Kier molecular flexibility index (Phi) is 25.8. The summed E-state index contributed by atoms with van der Waals surface area (Å²) in [5, 5.41) is 62.6. The second-order valence-electron chi connectivity index (χ2n) is 29.4. The van der Waals surface area contributed by atoms with E-state index in [0.29, 0.717) is 98.8 Å². The van der Waals surface area contributed by atoms with Crippen LogP contribution < -0.4 is 81.0 Å². The number of H-pyrrole nitrogens is 6.